The maximum atomic E-state index is 11.7. The minimum atomic E-state index is -0.275. The summed E-state index contributed by atoms with van der Waals surface area (Å²) in [6.45, 7) is 13.2. The largest absolute Gasteiger partial charge is 0.462 e. The molecule has 0 aliphatic carbocycles. The second-order valence-corrected chi connectivity index (χ2v) is 7.45. The molecule has 0 radical (unpaired) electrons. The molecule has 0 unspecified atom stereocenters. The number of carbonyl (C=O) groups is 1. The fraction of sp³-hybridized carbons (Fsp3) is 0.348. The highest BCUT2D eigenvalue weighted by Crippen LogP contribution is 2.28. The smallest absolute Gasteiger partial charge is 0.338 e. The third-order valence-electron chi connectivity index (χ3n) is 4.32. The van der Waals surface area contributed by atoms with Gasteiger partial charge in [0, 0.05) is 0 Å². The van der Waals surface area contributed by atoms with Crippen LogP contribution in [-0.2, 0) is 10.2 Å². The lowest BCUT2D eigenvalue weighted by molar-refractivity contribution is 0.0526. The maximum Gasteiger partial charge on any atom is 0.338 e. The molecular weight excluding hydrogens is 308 g/mol. The summed E-state index contributed by atoms with van der Waals surface area (Å²) in [6.07, 6.45) is 2.15. The van der Waals surface area contributed by atoms with Crippen molar-refractivity contribution < 1.29 is 9.53 Å². The molecular formula is C23H28O2. The number of benzene rings is 2. The van der Waals surface area contributed by atoms with Crippen LogP contribution in [0.1, 0.15) is 67.2 Å². The number of hydrogen-bond acceptors (Lipinski definition) is 2. The number of carbonyl (C=O) groups excluding carboxylic acids is 1. The van der Waals surface area contributed by atoms with Crippen molar-refractivity contribution in [1.82, 2.24) is 0 Å². The zero-order valence-electron chi connectivity index (χ0n) is 16.1. The molecule has 0 saturated heterocycles. The SMILES string of the molecule is CCOC(=O)c1ccc(/C=C(\C)c2ccc(C(C)(C)C)cc2C)cc1. The first-order chi connectivity index (χ1) is 11.7. The highest BCUT2D eigenvalue weighted by atomic mass is 16.5. The summed E-state index contributed by atoms with van der Waals surface area (Å²) in [5.74, 6) is -0.275. The van der Waals surface area contributed by atoms with Crippen molar-refractivity contribution in [2.45, 2.75) is 47.0 Å². The van der Waals surface area contributed by atoms with Gasteiger partial charge in [-0.05, 0) is 66.1 Å². The van der Waals surface area contributed by atoms with E-state index in [4.69, 9.17) is 4.74 Å². The van der Waals surface area contributed by atoms with Gasteiger partial charge in [0.1, 0.15) is 0 Å². The molecule has 2 nitrogen and oxygen atoms in total. The van der Waals surface area contributed by atoms with E-state index in [2.05, 4.69) is 58.9 Å². The van der Waals surface area contributed by atoms with Crippen molar-refractivity contribution >= 4 is 17.6 Å². The van der Waals surface area contributed by atoms with Gasteiger partial charge in [0.2, 0.25) is 0 Å². The third-order valence-corrected chi connectivity index (χ3v) is 4.32. The number of rotatable bonds is 4. The predicted octanol–water partition coefficient (Wildman–Crippen LogP) is 6.03. The van der Waals surface area contributed by atoms with Gasteiger partial charge in [0.05, 0.1) is 12.2 Å². The monoisotopic (exact) mass is 336 g/mol. The summed E-state index contributed by atoms with van der Waals surface area (Å²) in [4.78, 5) is 11.7. The summed E-state index contributed by atoms with van der Waals surface area (Å²) in [5.41, 5.74) is 6.91. The van der Waals surface area contributed by atoms with Crippen LogP contribution in [0.4, 0.5) is 0 Å². The van der Waals surface area contributed by atoms with Crippen molar-refractivity contribution in [3.05, 3.63) is 70.3 Å². The lowest BCUT2D eigenvalue weighted by Crippen LogP contribution is -2.11. The minimum absolute atomic E-state index is 0.157. The zero-order chi connectivity index (χ0) is 18.6. The molecule has 0 spiro atoms. The van der Waals surface area contributed by atoms with Gasteiger partial charge in [-0.3, -0.25) is 0 Å². The van der Waals surface area contributed by atoms with Crippen LogP contribution in [0.15, 0.2) is 42.5 Å². The van der Waals surface area contributed by atoms with Crippen LogP contribution in [0.2, 0.25) is 0 Å². The molecule has 2 aromatic rings. The predicted molar refractivity (Wildman–Crippen MR) is 106 cm³/mol. The van der Waals surface area contributed by atoms with Crippen LogP contribution in [0, 0.1) is 6.92 Å². The van der Waals surface area contributed by atoms with E-state index in [-0.39, 0.29) is 11.4 Å². The first-order valence-corrected chi connectivity index (χ1v) is 8.79. The second kappa shape index (κ2) is 7.69. The van der Waals surface area contributed by atoms with Gasteiger partial charge < -0.3 is 4.74 Å². The Bertz CT molecular complexity index is 775. The Hall–Kier alpha value is -2.35. The molecule has 0 atom stereocenters. The fourth-order valence-corrected chi connectivity index (χ4v) is 2.83. The van der Waals surface area contributed by atoms with E-state index in [0.717, 1.165) is 5.56 Å². The van der Waals surface area contributed by atoms with Gasteiger partial charge in [-0.15, -0.1) is 0 Å². The van der Waals surface area contributed by atoms with E-state index < -0.39 is 0 Å². The Morgan fingerprint density at radius 3 is 2.24 bits per heavy atom. The Morgan fingerprint density at radius 1 is 1.08 bits per heavy atom. The van der Waals surface area contributed by atoms with Gasteiger partial charge in [0.15, 0.2) is 0 Å². The maximum absolute atomic E-state index is 11.7. The molecule has 132 valence electrons. The summed E-state index contributed by atoms with van der Waals surface area (Å²) < 4.78 is 5.02. The minimum Gasteiger partial charge on any atom is -0.462 e. The fourth-order valence-electron chi connectivity index (χ4n) is 2.83. The van der Waals surface area contributed by atoms with E-state index in [1.54, 1.807) is 0 Å². The number of allylic oxidation sites excluding steroid dienone is 1. The van der Waals surface area contributed by atoms with Crippen LogP contribution in [0.5, 0.6) is 0 Å². The summed E-state index contributed by atoms with van der Waals surface area (Å²) in [6, 6.07) is 14.2. The number of esters is 1. The molecule has 0 aliphatic rings. The van der Waals surface area contributed by atoms with Gasteiger partial charge in [-0.25, -0.2) is 4.79 Å². The van der Waals surface area contributed by atoms with Crippen molar-refractivity contribution in [3.8, 4) is 0 Å². The summed E-state index contributed by atoms with van der Waals surface area (Å²) in [5, 5.41) is 0. The molecule has 0 aliphatic heterocycles. The molecule has 0 bridgehead atoms. The Kier molecular flexibility index (Phi) is 5.84. The van der Waals surface area contributed by atoms with Crippen molar-refractivity contribution in [3.63, 3.8) is 0 Å². The molecule has 0 amide bonds. The van der Waals surface area contributed by atoms with Crippen molar-refractivity contribution in [2.24, 2.45) is 0 Å². The normalized spacial score (nSPS) is 12.2. The Morgan fingerprint density at radius 2 is 1.72 bits per heavy atom. The van der Waals surface area contributed by atoms with E-state index in [9.17, 15) is 4.79 Å². The average molecular weight is 336 g/mol. The molecule has 0 saturated carbocycles. The van der Waals surface area contributed by atoms with Crippen molar-refractivity contribution in [1.29, 1.82) is 0 Å². The molecule has 0 N–H and O–H groups in total. The highest BCUT2D eigenvalue weighted by Gasteiger charge is 2.14. The van der Waals surface area contributed by atoms with Gasteiger partial charge >= 0.3 is 5.97 Å². The lowest BCUT2D eigenvalue weighted by atomic mass is 9.84. The standard InChI is InChI=1S/C23H28O2/c1-7-25-22(24)19-10-8-18(9-11-19)14-16(2)21-13-12-20(15-17(21)3)23(4,5)6/h8-15H,7H2,1-6H3/b16-14+. The number of hydrogen-bond donors (Lipinski definition) is 0. The first-order valence-electron chi connectivity index (χ1n) is 8.79. The van der Waals surface area contributed by atoms with Crippen LogP contribution >= 0.6 is 0 Å². The molecule has 25 heavy (non-hydrogen) atoms. The molecule has 2 aromatic carbocycles. The zero-order valence-corrected chi connectivity index (χ0v) is 16.1. The van der Waals surface area contributed by atoms with Crippen LogP contribution < -0.4 is 0 Å². The van der Waals surface area contributed by atoms with Gasteiger partial charge in [-0.1, -0.05) is 57.2 Å². The molecule has 0 fully saturated rings. The van der Waals surface area contributed by atoms with Crippen LogP contribution in [0.25, 0.3) is 11.6 Å². The van der Waals surface area contributed by atoms with E-state index >= 15 is 0 Å². The molecule has 0 aromatic heterocycles. The topological polar surface area (TPSA) is 26.3 Å². The summed E-state index contributed by atoms with van der Waals surface area (Å²) >= 11 is 0. The molecule has 0 heterocycles. The molecule has 2 rings (SSSR count). The van der Waals surface area contributed by atoms with Gasteiger partial charge in [-0.2, -0.15) is 0 Å². The number of ether oxygens (including phenoxy) is 1. The lowest BCUT2D eigenvalue weighted by Gasteiger charge is -2.20. The van der Waals surface area contributed by atoms with E-state index in [1.165, 1.54) is 22.3 Å². The first kappa shape index (κ1) is 19.0. The third kappa shape index (κ3) is 4.82. The highest BCUT2D eigenvalue weighted by molar-refractivity contribution is 5.90. The number of aryl methyl sites for hydroxylation is 1. The summed E-state index contributed by atoms with van der Waals surface area (Å²) in [7, 11) is 0. The average Bonchev–Trinajstić information content (AvgIpc) is 2.54. The second-order valence-electron chi connectivity index (χ2n) is 7.45. The van der Waals surface area contributed by atoms with Crippen molar-refractivity contribution in [2.75, 3.05) is 6.61 Å². The Balaban J connectivity index is 2.25. The Labute approximate surface area is 151 Å². The van der Waals surface area contributed by atoms with Crippen LogP contribution in [0.3, 0.4) is 0 Å². The van der Waals surface area contributed by atoms with Gasteiger partial charge in [0.25, 0.3) is 0 Å². The quantitative estimate of drug-likeness (QED) is 0.503. The van der Waals surface area contributed by atoms with Crippen LogP contribution in [-0.4, -0.2) is 12.6 Å². The molecule has 2 heteroatoms. The van der Waals surface area contributed by atoms with E-state index in [0.29, 0.717) is 12.2 Å². The van der Waals surface area contributed by atoms with E-state index in [1.807, 2.05) is 31.2 Å².